The molecule has 2 aromatic heterocycles. The summed E-state index contributed by atoms with van der Waals surface area (Å²) in [4.78, 5) is 57.7. The van der Waals surface area contributed by atoms with Crippen molar-refractivity contribution in [3.8, 4) is 34.0 Å². The lowest BCUT2D eigenvalue weighted by Gasteiger charge is -2.10. The molecule has 0 radical (unpaired) electrons. The van der Waals surface area contributed by atoms with E-state index in [1.807, 2.05) is 12.1 Å². The molecule has 0 aliphatic rings. The number of benzene rings is 5. The Kier molecular flexibility index (Phi) is 7.28. The molecule has 222 valence electrons. The van der Waals surface area contributed by atoms with Crippen molar-refractivity contribution in [2.24, 2.45) is 0 Å². The average Bonchev–Trinajstić information content (AvgIpc) is 3.09. The van der Waals surface area contributed by atoms with Gasteiger partial charge in [-0.15, -0.1) is 0 Å². The molecule has 8 nitrogen and oxygen atoms in total. The molecule has 0 amide bonds. The minimum Gasteiger partial charge on any atom is -0.423 e. The van der Waals surface area contributed by atoms with Gasteiger partial charge in [-0.2, -0.15) is 0 Å². The number of carbonyl (C=O) groups excluding carboxylic acids is 2. The van der Waals surface area contributed by atoms with Crippen LogP contribution in [0.25, 0.3) is 44.3 Å². The fourth-order valence-electron chi connectivity index (χ4n) is 5.19. The van der Waals surface area contributed by atoms with E-state index in [4.69, 9.17) is 9.47 Å². The number of hydrogen-bond acceptors (Lipinski definition) is 6. The number of aromatic nitrogens is 2. The van der Waals surface area contributed by atoms with Gasteiger partial charge in [-0.05, 0) is 96.1 Å². The zero-order valence-electron chi connectivity index (χ0n) is 24.2. The van der Waals surface area contributed by atoms with Crippen molar-refractivity contribution in [2.45, 2.75) is 0 Å². The third-order valence-electron chi connectivity index (χ3n) is 7.55. The standard InChI is InChI=1S/C38H24N2O6/c41-35-21-31(23-11-15-27(16-12-23)45-37(43)25-7-3-1-4-8-25)39-33-19-30-34(20-29(33)35)40-32(22-36(30)42)24-13-17-28(18-14-24)46-38(44)26-9-5-2-6-10-26/h1-22H,(H,39,41)(H,40,42). The third kappa shape index (κ3) is 5.70. The van der Waals surface area contributed by atoms with Gasteiger partial charge in [0.05, 0.1) is 22.2 Å². The van der Waals surface area contributed by atoms with Crippen molar-refractivity contribution < 1.29 is 19.1 Å². The number of ether oxygens (including phenoxy) is 2. The number of aromatic amines is 2. The van der Waals surface area contributed by atoms with Crippen LogP contribution in [0.4, 0.5) is 0 Å². The monoisotopic (exact) mass is 604 g/mol. The van der Waals surface area contributed by atoms with Crippen molar-refractivity contribution >= 4 is 33.7 Å². The Bertz CT molecular complexity index is 2190. The second-order valence-electron chi connectivity index (χ2n) is 10.6. The van der Waals surface area contributed by atoms with Crippen LogP contribution in [0.5, 0.6) is 11.5 Å². The van der Waals surface area contributed by atoms with Crippen molar-refractivity contribution in [2.75, 3.05) is 0 Å². The van der Waals surface area contributed by atoms with Crippen LogP contribution in [0.1, 0.15) is 20.7 Å². The summed E-state index contributed by atoms with van der Waals surface area (Å²) in [5.41, 5.74) is 4.00. The van der Waals surface area contributed by atoms with Crippen LogP contribution in [0.2, 0.25) is 0 Å². The fraction of sp³-hybridized carbons (Fsp3) is 0. The Hall–Kier alpha value is -6.54. The van der Waals surface area contributed by atoms with Crippen molar-refractivity contribution in [3.63, 3.8) is 0 Å². The van der Waals surface area contributed by atoms with E-state index in [0.29, 0.717) is 66.9 Å². The molecule has 2 heterocycles. The molecule has 0 atom stereocenters. The lowest BCUT2D eigenvalue weighted by molar-refractivity contribution is 0.0725. The first-order valence-corrected chi connectivity index (χ1v) is 14.4. The zero-order chi connectivity index (χ0) is 31.6. The second-order valence-corrected chi connectivity index (χ2v) is 10.6. The molecule has 0 spiro atoms. The smallest absolute Gasteiger partial charge is 0.343 e. The van der Waals surface area contributed by atoms with Gasteiger partial charge in [0.2, 0.25) is 0 Å². The predicted octanol–water partition coefficient (Wildman–Crippen LogP) is 7.14. The molecular weight excluding hydrogens is 580 g/mol. The van der Waals surface area contributed by atoms with E-state index in [2.05, 4.69) is 9.97 Å². The quantitative estimate of drug-likeness (QED) is 0.118. The van der Waals surface area contributed by atoms with Crippen LogP contribution in [0.15, 0.2) is 143 Å². The van der Waals surface area contributed by atoms with Gasteiger partial charge in [0.1, 0.15) is 11.5 Å². The maximum absolute atomic E-state index is 13.2. The molecule has 0 aliphatic carbocycles. The Labute approximate surface area is 261 Å². The van der Waals surface area contributed by atoms with Crippen LogP contribution in [-0.2, 0) is 0 Å². The fourth-order valence-corrected chi connectivity index (χ4v) is 5.19. The van der Waals surface area contributed by atoms with E-state index >= 15 is 0 Å². The van der Waals surface area contributed by atoms with E-state index in [1.54, 1.807) is 109 Å². The number of hydrogen-bond donors (Lipinski definition) is 2. The highest BCUT2D eigenvalue weighted by Crippen LogP contribution is 2.26. The second kappa shape index (κ2) is 11.9. The highest BCUT2D eigenvalue weighted by molar-refractivity contribution is 5.96. The van der Waals surface area contributed by atoms with E-state index in [-0.39, 0.29) is 10.9 Å². The number of esters is 2. The Balaban J connectivity index is 1.14. The van der Waals surface area contributed by atoms with Crippen molar-refractivity contribution in [1.82, 2.24) is 9.97 Å². The molecule has 2 N–H and O–H groups in total. The van der Waals surface area contributed by atoms with Gasteiger partial charge in [0.25, 0.3) is 0 Å². The molecule has 7 aromatic rings. The minimum atomic E-state index is -0.464. The largest absolute Gasteiger partial charge is 0.423 e. The summed E-state index contributed by atoms with van der Waals surface area (Å²) in [5, 5.41) is 0.835. The van der Waals surface area contributed by atoms with Crippen LogP contribution in [0, 0.1) is 0 Å². The first-order chi connectivity index (χ1) is 22.4. The minimum absolute atomic E-state index is 0.221. The van der Waals surface area contributed by atoms with Gasteiger partial charge in [-0.3, -0.25) is 9.59 Å². The first-order valence-electron chi connectivity index (χ1n) is 14.4. The number of nitrogens with one attached hydrogen (secondary N) is 2. The highest BCUT2D eigenvalue weighted by atomic mass is 16.5. The highest BCUT2D eigenvalue weighted by Gasteiger charge is 2.13. The molecule has 8 heteroatoms. The van der Waals surface area contributed by atoms with Crippen LogP contribution in [-0.4, -0.2) is 21.9 Å². The van der Waals surface area contributed by atoms with E-state index in [0.717, 1.165) is 0 Å². The van der Waals surface area contributed by atoms with Crippen LogP contribution >= 0.6 is 0 Å². The first kappa shape index (κ1) is 28.2. The molecule has 0 fully saturated rings. The SMILES string of the molecule is O=C(Oc1ccc(-c2cc(=O)c3cc4[nH]c(-c5ccc(OC(=O)c6ccccc6)cc5)cc(=O)c4cc3[nH]2)cc1)c1ccccc1. The Morgan fingerprint density at radius 3 is 1.20 bits per heavy atom. The van der Waals surface area contributed by atoms with Crippen molar-refractivity contribution in [3.05, 3.63) is 165 Å². The summed E-state index contributed by atoms with van der Waals surface area (Å²) >= 11 is 0. The summed E-state index contributed by atoms with van der Waals surface area (Å²) in [6.45, 7) is 0. The molecule has 5 aromatic carbocycles. The number of fused-ring (bicyclic) bond motifs is 2. The van der Waals surface area contributed by atoms with Gasteiger partial charge >= 0.3 is 11.9 Å². The normalized spacial score (nSPS) is 11.0. The maximum atomic E-state index is 13.2. The van der Waals surface area contributed by atoms with Gasteiger partial charge in [-0.1, -0.05) is 36.4 Å². The van der Waals surface area contributed by atoms with Gasteiger partial charge in [0, 0.05) is 34.3 Å². The molecule has 0 saturated heterocycles. The van der Waals surface area contributed by atoms with Crippen LogP contribution in [0.3, 0.4) is 0 Å². The summed E-state index contributed by atoms with van der Waals surface area (Å²) in [5.74, 6) is -0.183. The summed E-state index contributed by atoms with van der Waals surface area (Å²) in [7, 11) is 0. The lowest BCUT2D eigenvalue weighted by Crippen LogP contribution is -2.08. The summed E-state index contributed by atoms with van der Waals surface area (Å²) in [6, 6.07) is 37.4. The summed E-state index contributed by atoms with van der Waals surface area (Å²) < 4.78 is 10.9. The molecule has 0 bridgehead atoms. The average molecular weight is 605 g/mol. The lowest BCUT2D eigenvalue weighted by atomic mass is 10.1. The van der Waals surface area contributed by atoms with Gasteiger partial charge < -0.3 is 19.4 Å². The Morgan fingerprint density at radius 2 is 0.826 bits per heavy atom. The molecule has 7 rings (SSSR count). The molecule has 0 unspecified atom stereocenters. The summed E-state index contributed by atoms with van der Waals surface area (Å²) in [6.07, 6.45) is 0. The topological polar surface area (TPSA) is 118 Å². The van der Waals surface area contributed by atoms with Gasteiger partial charge in [0.15, 0.2) is 10.9 Å². The third-order valence-corrected chi connectivity index (χ3v) is 7.55. The maximum Gasteiger partial charge on any atom is 0.343 e. The van der Waals surface area contributed by atoms with Gasteiger partial charge in [-0.25, -0.2) is 9.59 Å². The molecule has 0 aliphatic heterocycles. The van der Waals surface area contributed by atoms with E-state index in [9.17, 15) is 19.2 Å². The van der Waals surface area contributed by atoms with Crippen molar-refractivity contribution in [1.29, 1.82) is 0 Å². The number of H-pyrrole nitrogens is 2. The van der Waals surface area contributed by atoms with E-state index in [1.165, 1.54) is 12.1 Å². The van der Waals surface area contributed by atoms with E-state index < -0.39 is 11.9 Å². The number of pyridine rings is 2. The zero-order valence-corrected chi connectivity index (χ0v) is 24.2. The number of rotatable bonds is 6. The molecular formula is C38H24N2O6. The molecule has 46 heavy (non-hydrogen) atoms. The van der Waals surface area contributed by atoms with Crippen LogP contribution < -0.4 is 20.3 Å². The Morgan fingerprint density at radius 1 is 0.457 bits per heavy atom. The number of carbonyl (C=O) groups is 2. The molecule has 0 saturated carbocycles. The predicted molar refractivity (Wildman–Crippen MR) is 176 cm³/mol.